The second-order valence-electron chi connectivity index (χ2n) is 9.49. The van der Waals surface area contributed by atoms with Crippen LogP contribution in [-0.4, -0.2) is 18.4 Å². The zero-order valence-corrected chi connectivity index (χ0v) is 17.7. The Morgan fingerprint density at radius 1 is 1.03 bits per heavy atom. The van der Waals surface area contributed by atoms with E-state index in [1.807, 2.05) is 30.3 Å². The van der Waals surface area contributed by atoms with Gasteiger partial charge in [0, 0.05) is 10.6 Å². The van der Waals surface area contributed by atoms with E-state index in [4.69, 9.17) is 4.74 Å². The number of nitrogens with one attached hydrogen (secondary N) is 2. The summed E-state index contributed by atoms with van der Waals surface area (Å²) in [6.45, 7) is 1.12. The van der Waals surface area contributed by atoms with Gasteiger partial charge in [0.25, 0.3) is 5.91 Å². The van der Waals surface area contributed by atoms with Crippen LogP contribution in [0, 0.1) is 23.2 Å². The fraction of sp³-hybridized carbons (Fsp3) is 0.500. The van der Waals surface area contributed by atoms with E-state index in [1.54, 1.807) is 0 Å². The highest BCUT2D eigenvalue weighted by Crippen LogP contribution is 2.65. The van der Waals surface area contributed by atoms with Crippen molar-refractivity contribution < 1.29 is 14.3 Å². The highest BCUT2D eigenvalue weighted by Gasteiger charge is 2.61. The van der Waals surface area contributed by atoms with Crippen molar-refractivity contribution in [2.24, 2.45) is 23.2 Å². The van der Waals surface area contributed by atoms with Gasteiger partial charge in [-0.2, -0.15) is 0 Å². The van der Waals surface area contributed by atoms with Gasteiger partial charge in [0.1, 0.15) is 5.00 Å². The van der Waals surface area contributed by atoms with Crippen molar-refractivity contribution in [1.29, 1.82) is 0 Å². The predicted molar refractivity (Wildman–Crippen MR) is 117 cm³/mol. The average Bonchev–Trinajstić information content (AvgIpc) is 3.32. The molecule has 4 aliphatic carbocycles. The molecule has 2 atom stereocenters. The van der Waals surface area contributed by atoms with Crippen LogP contribution in [-0.2, 0) is 22.6 Å². The lowest BCUT2D eigenvalue weighted by atomic mass is 9.75. The highest BCUT2D eigenvalue weighted by atomic mass is 32.1. The molecule has 5 nitrogen and oxygen atoms in total. The molecule has 0 spiro atoms. The smallest absolute Gasteiger partial charge is 0.258 e. The molecule has 4 saturated carbocycles. The number of carbonyl (C=O) groups is 2. The number of hydrogen-bond donors (Lipinski definition) is 2. The van der Waals surface area contributed by atoms with E-state index in [9.17, 15) is 9.59 Å². The third kappa shape index (κ3) is 2.84. The molecule has 2 unspecified atom stereocenters. The molecule has 6 heteroatoms. The van der Waals surface area contributed by atoms with E-state index in [2.05, 4.69) is 10.6 Å². The van der Waals surface area contributed by atoms with Gasteiger partial charge in [-0.15, -0.1) is 11.3 Å². The number of amides is 2. The highest BCUT2D eigenvalue weighted by molar-refractivity contribution is 7.17. The Hall–Kier alpha value is -2.18. The minimum Gasteiger partial charge on any atom is -0.376 e. The quantitative estimate of drug-likeness (QED) is 0.741. The van der Waals surface area contributed by atoms with E-state index < -0.39 is 0 Å². The third-order valence-electron chi connectivity index (χ3n) is 7.75. The van der Waals surface area contributed by atoms with Crippen LogP contribution in [0.15, 0.2) is 30.3 Å². The summed E-state index contributed by atoms with van der Waals surface area (Å²) in [5, 5.41) is 6.95. The van der Waals surface area contributed by atoms with Crippen molar-refractivity contribution in [3.8, 4) is 0 Å². The number of benzene rings is 1. The van der Waals surface area contributed by atoms with E-state index in [1.165, 1.54) is 30.6 Å². The lowest BCUT2D eigenvalue weighted by Gasteiger charge is -2.31. The number of carbonyl (C=O) groups excluding carboxylic acids is 2. The van der Waals surface area contributed by atoms with Gasteiger partial charge in [0.05, 0.1) is 24.2 Å². The first-order valence-corrected chi connectivity index (χ1v) is 11.8. The molecule has 5 aliphatic rings. The molecule has 2 aromatic rings. The molecule has 1 aromatic carbocycles. The number of fused-ring (bicyclic) bond motifs is 1. The van der Waals surface area contributed by atoms with Gasteiger partial charge in [-0.1, -0.05) is 18.2 Å². The molecule has 156 valence electrons. The standard InChI is InChI=1S/C24H26N2O3S/c27-21(25-17-4-2-1-3-5-17)20-18-6-7-29-13-19(18)30-22(20)26-23(28)24-11-14-8-15(12-24)10-16(24)9-14/h1-5,14-16H,6-13H2,(H,25,27)(H,26,28). The second-order valence-corrected chi connectivity index (χ2v) is 10.6. The van der Waals surface area contributed by atoms with E-state index in [0.29, 0.717) is 36.1 Å². The summed E-state index contributed by atoms with van der Waals surface area (Å²) >= 11 is 1.51. The molecule has 1 aliphatic heterocycles. The maximum absolute atomic E-state index is 13.6. The maximum Gasteiger partial charge on any atom is 0.258 e. The summed E-state index contributed by atoms with van der Waals surface area (Å²) in [6, 6.07) is 9.49. The lowest BCUT2D eigenvalue weighted by molar-refractivity contribution is -0.127. The summed E-state index contributed by atoms with van der Waals surface area (Å²) in [6.07, 6.45) is 6.48. The molecule has 0 radical (unpaired) electrons. The van der Waals surface area contributed by atoms with Crippen LogP contribution < -0.4 is 10.6 Å². The Bertz CT molecular complexity index is 1000. The fourth-order valence-electron chi connectivity index (χ4n) is 6.67. The van der Waals surface area contributed by atoms with Crippen molar-refractivity contribution in [3.63, 3.8) is 0 Å². The molecule has 30 heavy (non-hydrogen) atoms. The maximum atomic E-state index is 13.6. The van der Waals surface area contributed by atoms with Gasteiger partial charge in [0.15, 0.2) is 0 Å². The van der Waals surface area contributed by atoms with Crippen LogP contribution in [0.2, 0.25) is 0 Å². The molecule has 1 aromatic heterocycles. The van der Waals surface area contributed by atoms with Crippen molar-refractivity contribution in [2.75, 3.05) is 17.2 Å². The third-order valence-corrected chi connectivity index (χ3v) is 8.87. The molecule has 7 rings (SSSR count). The van der Waals surface area contributed by atoms with Gasteiger partial charge >= 0.3 is 0 Å². The first-order valence-electron chi connectivity index (χ1n) is 11.0. The number of para-hydroxylation sites is 1. The molecule has 0 saturated heterocycles. The minimum atomic E-state index is -0.207. The van der Waals surface area contributed by atoms with E-state index in [-0.39, 0.29) is 17.2 Å². The van der Waals surface area contributed by atoms with Crippen LogP contribution in [0.3, 0.4) is 0 Å². The van der Waals surface area contributed by atoms with Gasteiger partial charge in [0.2, 0.25) is 5.91 Å². The van der Waals surface area contributed by atoms with Crippen molar-refractivity contribution in [3.05, 3.63) is 46.3 Å². The zero-order valence-electron chi connectivity index (χ0n) is 16.9. The van der Waals surface area contributed by atoms with Gasteiger partial charge in [-0.3, -0.25) is 9.59 Å². The van der Waals surface area contributed by atoms with Crippen molar-refractivity contribution >= 4 is 33.8 Å². The minimum absolute atomic E-state index is 0.144. The normalized spacial score (nSPS) is 30.9. The summed E-state index contributed by atoms with van der Waals surface area (Å²) in [5.74, 6) is 1.97. The summed E-state index contributed by atoms with van der Waals surface area (Å²) in [5.41, 5.74) is 2.22. The molecule has 4 bridgehead atoms. The summed E-state index contributed by atoms with van der Waals surface area (Å²) < 4.78 is 5.62. The molecule has 2 heterocycles. The van der Waals surface area contributed by atoms with E-state index in [0.717, 1.165) is 40.8 Å². The van der Waals surface area contributed by atoms with Crippen LogP contribution in [0.25, 0.3) is 0 Å². The SMILES string of the molecule is O=C(Nc1ccccc1)c1c(NC(=O)C23CC4CC(CC2C4)C3)sc2c1CCOC2. The number of hydrogen-bond acceptors (Lipinski definition) is 4. The Labute approximate surface area is 180 Å². The lowest BCUT2D eigenvalue weighted by Crippen LogP contribution is -2.37. The Morgan fingerprint density at radius 2 is 1.80 bits per heavy atom. The van der Waals surface area contributed by atoms with Crippen LogP contribution >= 0.6 is 11.3 Å². The van der Waals surface area contributed by atoms with Crippen molar-refractivity contribution in [2.45, 2.75) is 45.1 Å². The van der Waals surface area contributed by atoms with Crippen molar-refractivity contribution in [1.82, 2.24) is 0 Å². The first kappa shape index (κ1) is 18.6. The number of anilines is 2. The summed E-state index contributed by atoms with van der Waals surface area (Å²) in [4.78, 5) is 27.9. The zero-order chi connectivity index (χ0) is 20.3. The van der Waals surface area contributed by atoms with Gasteiger partial charge < -0.3 is 15.4 Å². The summed E-state index contributed by atoms with van der Waals surface area (Å²) in [7, 11) is 0. The average molecular weight is 423 g/mol. The van der Waals surface area contributed by atoms with Crippen LogP contribution in [0.5, 0.6) is 0 Å². The topological polar surface area (TPSA) is 67.4 Å². The first-order chi connectivity index (χ1) is 14.6. The monoisotopic (exact) mass is 422 g/mol. The Morgan fingerprint density at radius 3 is 2.57 bits per heavy atom. The molecular formula is C24H26N2O3S. The Balaban J connectivity index is 1.31. The molecule has 2 amide bonds. The largest absolute Gasteiger partial charge is 0.376 e. The molecule has 4 fully saturated rings. The van der Waals surface area contributed by atoms with Gasteiger partial charge in [-0.25, -0.2) is 0 Å². The Kier molecular flexibility index (Phi) is 4.29. The van der Waals surface area contributed by atoms with Crippen LogP contribution in [0.1, 0.15) is 52.9 Å². The van der Waals surface area contributed by atoms with Gasteiger partial charge in [-0.05, 0) is 74.0 Å². The number of rotatable bonds is 4. The number of ether oxygens (including phenoxy) is 1. The predicted octanol–water partition coefficient (Wildman–Crippen LogP) is 4.84. The van der Waals surface area contributed by atoms with E-state index >= 15 is 0 Å². The van der Waals surface area contributed by atoms with Crippen LogP contribution in [0.4, 0.5) is 10.7 Å². The molecular weight excluding hydrogens is 396 g/mol. The number of thiophene rings is 1. The fourth-order valence-corrected chi connectivity index (χ4v) is 7.85. The second kappa shape index (κ2) is 6.92. The molecule has 2 N–H and O–H groups in total.